The van der Waals surface area contributed by atoms with E-state index in [0.717, 1.165) is 127 Å². The van der Waals surface area contributed by atoms with E-state index in [9.17, 15) is 19.2 Å². The Bertz CT molecular complexity index is 6610. The van der Waals surface area contributed by atoms with Gasteiger partial charge >= 0.3 is 0 Å². The predicted octanol–water partition coefficient (Wildman–Crippen LogP) is 12.2. The number of nitrogens with zero attached hydrogens (tertiary/aromatic N) is 24. The minimum absolute atomic E-state index is 0.0236. The van der Waals surface area contributed by atoms with Crippen LogP contribution in [0.1, 0.15) is 83.5 Å². The highest BCUT2D eigenvalue weighted by molar-refractivity contribution is 7.99. The summed E-state index contributed by atoms with van der Waals surface area (Å²) in [5.41, 5.74) is 16.2. The number of nitrogen functional groups attached to an aromatic ring is 1. The van der Waals surface area contributed by atoms with Crippen LogP contribution < -0.4 is 43.0 Å². The van der Waals surface area contributed by atoms with Gasteiger partial charge in [-0.25, -0.2) is 38.0 Å². The number of anilines is 9. The number of amides is 4. The lowest BCUT2D eigenvalue weighted by Crippen LogP contribution is -2.22. The first-order valence-electron chi connectivity index (χ1n) is 38.1. The number of aromatic nitrogens is 24. The highest BCUT2D eigenvalue weighted by Crippen LogP contribution is 2.36. The van der Waals surface area contributed by atoms with Crippen LogP contribution in [0.5, 0.6) is 0 Å². The number of benzene rings is 1. The molecule has 5 fully saturated rings. The lowest BCUT2D eigenvalue weighted by Gasteiger charge is -2.23. The van der Waals surface area contributed by atoms with E-state index in [1.165, 1.54) is 79.2 Å². The van der Waals surface area contributed by atoms with Crippen LogP contribution in [0, 0.1) is 23.7 Å². The maximum absolute atomic E-state index is 12.0. The molecule has 5 aliphatic carbocycles. The molecule has 0 spiro atoms. The topological polar surface area (TPSA) is 420 Å². The molecule has 117 heavy (non-hydrogen) atoms. The summed E-state index contributed by atoms with van der Waals surface area (Å²) in [7, 11) is 1.87. The van der Waals surface area contributed by atoms with Crippen molar-refractivity contribution in [1.29, 1.82) is 0 Å². The largest absolute Gasteiger partial charge is 0.398 e. The van der Waals surface area contributed by atoms with Crippen molar-refractivity contribution in [2.24, 2.45) is 23.7 Å². The number of carbonyl (C=O) groups excluding carboxylic acids is 4. The Balaban J connectivity index is 0.000000104. The predicted molar refractivity (Wildman–Crippen MR) is 440 cm³/mol. The molecule has 0 atom stereocenters. The highest BCUT2D eigenvalue weighted by Gasteiger charge is 2.33. The summed E-state index contributed by atoms with van der Waals surface area (Å²) in [6, 6.07) is 40.9. The van der Waals surface area contributed by atoms with Gasteiger partial charge in [0.2, 0.25) is 44.3 Å². The molecule has 0 bridgehead atoms. The van der Waals surface area contributed by atoms with Gasteiger partial charge in [-0.2, -0.15) is 20.4 Å². The van der Waals surface area contributed by atoms with Gasteiger partial charge in [0.15, 0.2) is 68.4 Å². The highest BCUT2D eigenvalue weighted by atomic mass is 32.2. The van der Waals surface area contributed by atoms with Crippen LogP contribution in [0.4, 0.5) is 51.7 Å². The summed E-state index contributed by atoms with van der Waals surface area (Å²) in [4.78, 5) is 65.4. The lowest BCUT2D eigenvalue weighted by molar-refractivity contribution is -0.118. The van der Waals surface area contributed by atoms with Gasteiger partial charge in [0.1, 0.15) is 20.1 Å². The molecule has 1 aromatic carbocycles. The number of fused-ring (bicyclic) bond motifs is 8. The molecule has 36 nitrogen and oxygen atoms in total. The molecule has 588 valence electrons. The summed E-state index contributed by atoms with van der Waals surface area (Å²) >= 11 is 5.63. The maximum atomic E-state index is 12.0. The fourth-order valence-electron chi connectivity index (χ4n) is 12.8. The summed E-state index contributed by atoms with van der Waals surface area (Å²) in [5.74, 6) is 2.73. The average molecular weight is 1640 g/mol. The molecular formula is C77H72N32O4S4. The molecule has 5 saturated carbocycles. The minimum atomic E-state index is 0.0236. The Morgan fingerprint density at radius 2 is 0.658 bits per heavy atom. The van der Waals surface area contributed by atoms with E-state index >= 15 is 0 Å². The van der Waals surface area contributed by atoms with E-state index in [2.05, 4.69) is 131 Å². The van der Waals surface area contributed by atoms with Crippen molar-refractivity contribution < 1.29 is 19.2 Å². The second-order valence-electron chi connectivity index (χ2n) is 28.6. The Labute approximate surface area is 680 Å². The van der Waals surface area contributed by atoms with Gasteiger partial charge in [-0.1, -0.05) is 37.5 Å². The first-order chi connectivity index (χ1) is 57.3. The number of para-hydroxylation sites is 1. The third-order valence-electron chi connectivity index (χ3n) is 19.6. The molecule has 9 N–H and O–H groups in total. The van der Waals surface area contributed by atoms with E-state index < -0.39 is 0 Å². The van der Waals surface area contributed by atoms with Gasteiger partial charge in [0, 0.05) is 72.9 Å². The Kier molecular flexibility index (Phi) is 20.3. The van der Waals surface area contributed by atoms with Crippen molar-refractivity contribution in [2.45, 2.75) is 130 Å². The molecule has 16 heterocycles. The molecule has 0 saturated heterocycles. The van der Waals surface area contributed by atoms with Crippen molar-refractivity contribution in [2.75, 3.05) is 50.0 Å². The van der Waals surface area contributed by atoms with E-state index in [4.69, 9.17) is 5.73 Å². The molecule has 0 aliphatic heterocycles. The second-order valence-corrected chi connectivity index (χ2v) is 32.6. The zero-order valence-electron chi connectivity index (χ0n) is 62.4. The number of hydrogen-bond donors (Lipinski definition) is 8. The van der Waals surface area contributed by atoms with Crippen LogP contribution in [0.3, 0.4) is 0 Å². The van der Waals surface area contributed by atoms with Crippen molar-refractivity contribution >= 4 is 168 Å². The number of pyridine rings is 4. The van der Waals surface area contributed by atoms with Crippen LogP contribution in [0.15, 0.2) is 218 Å². The maximum Gasteiger partial charge on any atom is 0.228 e. The molecule has 22 rings (SSSR count). The lowest BCUT2D eigenvalue weighted by atomic mass is 9.95. The summed E-state index contributed by atoms with van der Waals surface area (Å²) < 4.78 is 14.3. The molecule has 40 heteroatoms. The van der Waals surface area contributed by atoms with Gasteiger partial charge in [-0.3, -0.25) is 36.8 Å². The average Bonchev–Trinajstić information content (AvgIpc) is 1.67. The van der Waals surface area contributed by atoms with Gasteiger partial charge in [0.05, 0.1) is 41.8 Å². The second kappa shape index (κ2) is 32.2. The third-order valence-corrected chi connectivity index (χ3v) is 23.1. The quantitative estimate of drug-likeness (QED) is 0.0331. The van der Waals surface area contributed by atoms with E-state index in [-0.39, 0.29) is 47.3 Å². The number of nitrogens with one attached hydrogen (secondary N) is 7. The smallest absolute Gasteiger partial charge is 0.228 e. The van der Waals surface area contributed by atoms with Gasteiger partial charge in [-0.05, 0) is 220 Å². The molecule has 5 aliphatic rings. The van der Waals surface area contributed by atoms with E-state index in [1.54, 1.807) is 55.1 Å². The zero-order valence-corrected chi connectivity index (χ0v) is 65.7. The molecule has 0 unspecified atom stereocenters. The van der Waals surface area contributed by atoms with Crippen LogP contribution in [0.25, 0.3) is 45.2 Å². The van der Waals surface area contributed by atoms with Crippen LogP contribution in [-0.2, 0) is 19.2 Å². The minimum Gasteiger partial charge on any atom is -0.398 e. The summed E-state index contributed by atoms with van der Waals surface area (Å²) in [6.07, 6.45) is 28.7. The first-order valence-corrected chi connectivity index (χ1v) is 41.4. The van der Waals surface area contributed by atoms with Crippen LogP contribution in [0.2, 0.25) is 0 Å². The van der Waals surface area contributed by atoms with Crippen molar-refractivity contribution in [3.8, 4) is 0 Å². The molecule has 0 radical (unpaired) electrons. The van der Waals surface area contributed by atoms with Gasteiger partial charge in [0.25, 0.3) is 0 Å². The monoisotopic (exact) mass is 1640 g/mol. The third kappa shape index (κ3) is 17.4. The Morgan fingerprint density at radius 1 is 0.333 bits per heavy atom. The zero-order chi connectivity index (χ0) is 79.0. The summed E-state index contributed by atoms with van der Waals surface area (Å²) in [5, 5.41) is 79.6. The van der Waals surface area contributed by atoms with Gasteiger partial charge < -0.3 is 43.0 Å². The molecular weight excluding hydrogens is 1570 g/mol. The SMILES string of the molecule is CNc1ccc2nnc(Sc3ccc4nc(NC(=O)C5CC5)cn4n3)n2c1.Nc1ccc2nnc(Sc3ccc4nc(NC(=O)C5CC5)cn4n3)n2c1.O=C(Nc1cn2nc(Sc3nnc4ccc(NC5CCCCC5)cn34)ccc2n1)C1CC1.O=C(Nc1cn2nc(Sc3nnc4ccc(Nc5ccccc5)cn34)ccc2n1)C1CC1. The van der Waals surface area contributed by atoms with Crippen molar-refractivity contribution in [3.05, 3.63) is 177 Å². The first kappa shape index (κ1) is 73.8. The van der Waals surface area contributed by atoms with E-state index in [0.29, 0.717) is 67.9 Å². The Morgan fingerprint density at radius 3 is 1.03 bits per heavy atom. The Hall–Kier alpha value is -13.3. The molecule has 17 aromatic rings. The molecule has 16 aromatic heterocycles. The molecule has 4 amide bonds. The van der Waals surface area contributed by atoms with Crippen molar-refractivity contribution in [3.63, 3.8) is 0 Å². The van der Waals surface area contributed by atoms with E-state index in [1.807, 2.05) is 152 Å². The fourth-order valence-corrected chi connectivity index (χ4v) is 16.0. The number of imidazole rings is 4. The van der Waals surface area contributed by atoms with Crippen molar-refractivity contribution in [1.82, 2.24) is 117 Å². The van der Waals surface area contributed by atoms with Gasteiger partial charge in [-0.15, -0.1) is 40.8 Å². The number of carbonyl (C=O) groups is 4. The number of rotatable bonds is 21. The number of nitrogens with two attached hydrogens (primary N) is 1. The normalized spacial score (nSPS) is 14.7. The number of hydrogen-bond acceptors (Lipinski definition) is 28. The summed E-state index contributed by atoms with van der Waals surface area (Å²) in [6.45, 7) is 0. The standard InChI is InChI=1S/C22H24N8OS.C22H18N8OS.C17H16N8OS.C16H14N8OS/c2*31-21(14-6-7-14)25-17-13-30-18(24-17)10-11-20(28-30)32-22-27-26-19-9-8-16(12-29(19)22)23-15-4-2-1-3-5-15;1-18-11-4-5-14-21-22-17(24(14)8-11)27-15-7-6-13-19-12(9-25(13)23-15)20-16(26)10-2-3-10;17-10-3-4-13-20-21-16(23(13)7-10)26-14-6-5-12-18-11(8-24(12)22-14)19-15(25)9-1-2-9/h8-15,23H,1-7H2,(H,25,31);1-5,8-14,23H,6-7H2,(H,25,31);4-10,18H,2-3H2,1H3,(H,20,26);3-9H,1-2,17H2,(H,19,25). The van der Waals surface area contributed by atoms with Crippen LogP contribution in [-0.4, -0.2) is 154 Å². The fraction of sp³-hybridized carbons (Fsp3) is 0.247. The van der Waals surface area contributed by atoms with Crippen LogP contribution >= 0.6 is 47.0 Å².